The summed E-state index contributed by atoms with van der Waals surface area (Å²) in [5.74, 6) is 1.14. The van der Waals surface area contributed by atoms with Gasteiger partial charge < -0.3 is 27.9 Å². The first-order chi connectivity index (χ1) is 12.0. The minimum Gasteiger partial charge on any atom is -0.399 e. The molecule has 7 nitrogen and oxygen atoms in total. The van der Waals surface area contributed by atoms with Crippen LogP contribution in [0, 0.1) is 5.92 Å². The van der Waals surface area contributed by atoms with Crippen molar-refractivity contribution in [2.75, 3.05) is 16.5 Å². The maximum atomic E-state index is 6.78. The fourth-order valence-corrected chi connectivity index (χ4v) is 3.76. The lowest BCUT2D eigenvalue weighted by atomic mass is 9.78. The fraction of sp³-hybridized carbons (Fsp3) is 0.389. The molecule has 2 aliphatic rings. The van der Waals surface area contributed by atoms with Crippen molar-refractivity contribution in [3.63, 3.8) is 0 Å². The van der Waals surface area contributed by atoms with Crippen molar-refractivity contribution in [2.24, 2.45) is 17.4 Å². The maximum Gasteiger partial charge on any atom is 0.174 e. The van der Waals surface area contributed by atoms with Crippen LogP contribution in [0.1, 0.15) is 31.5 Å². The summed E-state index contributed by atoms with van der Waals surface area (Å²) in [5, 5.41) is 3.43. The molecule has 4 rings (SSSR count). The number of benzene rings is 1. The Balaban J connectivity index is 1.64. The zero-order valence-electron chi connectivity index (χ0n) is 14.2. The third-order valence-corrected chi connectivity index (χ3v) is 5.22. The smallest absolute Gasteiger partial charge is 0.174 e. The Kier molecular flexibility index (Phi) is 3.89. The molecule has 0 radical (unpaired) electrons. The Bertz CT molecular complexity index is 771. The van der Waals surface area contributed by atoms with Crippen molar-refractivity contribution in [2.45, 2.75) is 37.4 Å². The third kappa shape index (κ3) is 3.08. The van der Waals surface area contributed by atoms with E-state index < -0.39 is 5.66 Å². The number of hydrogen-bond donors (Lipinski definition) is 5. The summed E-state index contributed by atoms with van der Waals surface area (Å²) in [6.45, 7) is 0. The van der Waals surface area contributed by atoms with Crippen LogP contribution in [0.5, 0.6) is 0 Å². The Morgan fingerprint density at radius 3 is 2.60 bits per heavy atom. The van der Waals surface area contributed by atoms with Gasteiger partial charge in [0.1, 0.15) is 5.66 Å². The van der Waals surface area contributed by atoms with Crippen LogP contribution in [0.15, 0.2) is 42.7 Å². The molecule has 1 atom stereocenters. The topological polar surface area (TPSA) is 120 Å². The van der Waals surface area contributed by atoms with Crippen LogP contribution in [-0.4, -0.2) is 21.4 Å². The molecule has 1 aromatic carbocycles. The number of hydrogen-bond acceptors (Lipinski definition) is 6. The van der Waals surface area contributed by atoms with E-state index in [-0.39, 0.29) is 0 Å². The molecule has 2 heterocycles. The highest BCUT2D eigenvalue weighted by Crippen LogP contribution is 2.35. The average molecular weight is 339 g/mol. The van der Waals surface area contributed by atoms with Gasteiger partial charge in [0.2, 0.25) is 0 Å². The van der Waals surface area contributed by atoms with Crippen molar-refractivity contribution in [1.29, 1.82) is 0 Å². The number of nitrogens with zero attached hydrogens (tertiary/aromatic N) is 2. The minimum absolute atomic E-state index is 0.295. The number of anilines is 2. The fourth-order valence-electron chi connectivity index (χ4n) is 3.76. The second-order valence-electron chi connectivity index (χ2n) is 7.08. The van der Waals surface area contributed by atoms with E-state index in [1.807, 2.05) is 35.1 Å². The molecular weight excluding hydrogens is 314 g/mol. The molecule has 0 saturated heterocycles. The molecule has 8 N–H and O–H groups in total. The van der Waals surface area contributed by atoms with Crippen LogP contribution in [-0.2, 0) is 0 Å². The molecule has 1 fully saturated rings. The quantitative estimate of drug-likeness (QED) is 0.542. The number of fused-ring (bicyclic) bond motifs is 1. The largest absolute Gasteiger partial charge is 0.399 e. The van der Waals surface area contributed by atoms with E-state index in [0.29, 0.717) is 12.0 Å². The molecule has 1 saturated carbocycles. The molecule has 2 aromatic rings. The molecule has 0 spiro atoms. The van der Waals surface area contributed by atoms with Gasteiger partial charge in [-0.25, -0.2) is 9.66 Å². The summed E-state index contributed by atoms with van der Waals surface area (Å²) in [6.07, 6.45) is 9.77. The monoisotopic (exact) mass is 339 g/mol. The van der Waals surface area contributed by atoms with Crippen LogP contribution in [0.3, 0.4) is 0 Å². The first-order valence-corrected chi connectivity index (χ1v) is 8.75. The lowest BCUT2D eigenvalue weighted by Gasteiger charge is -2.42. The highest BCUT2D eigenvalue weighted by molar-refractivity contribution is 5.76. The van der Waals surface area contributed by atoms with Gasteiger partial charge in [-0.3, -0.25) is 0 Å². The highest BCUT2D eigenvalue weighted by atomic mass is 15.5. The van der Waals surface area contributed by atoms with Gasteiger partial charge in [-0.05, 0) is 56.0 Å². The zero-order valence-corrected chi connectivity index (χ0v) is 14.2. The Morgan fingerprint density at radius 2 is 1.88 bits per heavy atom. The van der Waals surface area contributed by atoms with Crippen LogP contribution in [0.2, 0.25) is 0 Å². The van der Waals surface area contributed by atoms with Crippen LogP contribution < -0.4 is 27.9 Å². The van der Waals surface area contributed by atoms with Crippen molar-refractivity contribution < 1.29 is 0 Å². The third-order valence-electron chi connectivity index (χ3n) is 5.22. The molecule has 7 heteroatoms. The number of rotatable bonds is 3. The number of nitrogens with one attached hydrogen (secondary N) is 2. The predicted molar refractivity (Wildman–Crippen MR) is 101 cm³/mol. The molecule has 1 aliphatic heterocycles. The van der Waals surface area contributed by atoms with E-state index in [2.05, 4.69) is 21.8 Å². The number of imidazole rings is 1. The van der Waals surface area contributed by atoms with Crippen molar-refractivity contribution >= 4 is 17.1 Å². The van der Waals surface area contributed by atoms with Gasteiger partial charge >= 0.3 is 0 Å². The minimum atomic E-state index is -0.635. The molecule has 25 heavy (non-hydrogen) atoms. The lowest BCUT2D eigenvalue weighted by Crippen LogP contribution is -2.58. The standard InChI is InChI=1S/C18H25N7/c19-13-3-1-12(2-4-13)18(21)11-16(17-22-9-10-25(17)24-18)23-15-7-5-14(20)6-8-15/h5-13,23-24H,1-4,19-21H2. The summed E-state index contributed by atoms with van der Waals surface area (Å²) in [6, 6.07) is 7.93. The van der Waals surface area contributed by atoms with Gasteiger partial charge in [-0.2, -0.15) is 0 Å². The summed E-state index contributed by atoms with van der Waals surface area (Å²) < 4.78 is 1.90. The van der Waals surface area contributed by atoms with Gasteiger partial charge in [0, 0.05) is 35.7 Å². The van der Waals surface area contributed by atoms with Gasteiger partial charge in [0.15, 0.2) is 5.82 Å². The van der Waals surface area contributed by atoms with E-state index in [9.17, 15) is 0 Å². The van der Waals surface area contributed by atoms with E-state index in [4.69, 9.17) is 17.2 Å². The van der Waals surface area contributed by atoms with Gasteiger partial charge in [-0.15, -0.1) is 0 Å². The summed E-state index contributed by atoms with van der Waals surface area (Å²) >= 11 is 0. The van der Waals surface area contributed by atoms with Crippen LogP contribution in [0.4, 0.5) is 11.4 Å². The number of nitrogens with two attached hydrogens (primary N) is 3. The molecule has 1 aliphatic carbocycles. The second kappa shape index (κ2) is 6.09. The molecule has 1 unspecified atom stereocenters. The number of nitrogen functional groups attached to an aromatic ring is 1. The molecule has 1 aromatic heterocycles. The first-order valence-electron chi connectivity index (χ1n) is 8.75. The lowest BCUT2D eigenvalue weighted by molar-refractivity contribution is 0.239. The van der Waals surface area contributed by atoms with Crippen molar-refractivity contribution in [1.82, 2.24) is 9.66 Å². The number of aromatic nitrogens is 2. The second-order valence-corrected chi connectivity index (χ2v) is 7.08. The van der Waals surface area contributed by atoms with Gasteiger partial charge in [0.25, 0.3) is 0 Å². The Morgan fingerprint density at radius 1 is 1.16 bits per heavy atom. The average Bonchev–Trinajstić information content (AvgIpc) is 3.05. The van der Waals surface area contributed by atoms with Crippen molar-refractivity contribution in [3.05, 3.63) is 48.6 Å². The molecule has 0 amide bonds. The van der Waals surface area contributed by atoms with Crippen molar-refractivity contribution in [3.8, 4) is 0 Å². The zero-order chi connectivity index (χ0) is 17.4. The first kappa shape index (κ1) is 16.0. The Hall–Kier alpha value is -2.51. The van der Waals surface area contributed by atoms with E-state index in [1.54, 1.807) is 6.20 Å². The van der Waals surface area contributed by atoms with E-state index >= 15 is 0 Å². The Labute approximate surface area is 147 Å². The summed E-state index contributed by atoms with van der Waals surface area (Å²) in [7, 11) is 0. The molecule has 132 valence electrons. The van der Waals surface area contributed by atoms with Gasteiger partial charge in [-0.1, -0.05) is 0 Å². The van der Waals surface area contributed by atoms with Gasteiger partial charge in [0.05, 0.1) is 5.70 Å². The van der Waals surface area contributed by atoms with Crippen LogP contribution in [0.25, 0.3) is 5.70 Å². The molecule has 0 bridgehead atoms. The normalized spacial score (nSPS) is 28.6. The summed E-state index contributed by atoms with van der Waals surface area (Å²) in [5.41, 5.74) is 24.0. The van der Waals surface area contributed by atoms with E-state index in [0.717, 1.165) is 48.6 Å². The predicted octanol–water partition coefficient (Wildman–Crippen LogP) is 1.65. The van der Waals surface area contributed by atoms with Crippen LogP contribution >= 0.6 is 0 Å². The summed E-state index contributed by atoms with van der Waals surface area (Å²) in [4.78, 5) is 4.44. The molecular formula is C18H25N7. The highest BCUT2D eigenvalue weighted by Gasteiger charge is 2.39. The van der Waals surface area contributed by atoms with E-state index in [1.165, 1.54) is 0 Å². The SMILES string of the molecule is Nc1ccc(NC2=CC(N)(C3CCC(N)CC3)Nn3ccnc32)cc1. The maximum absolute atomic E-state index is 6.78.